The number of aromatic nitrogens is 1. The first kappa shape index (κ1) is 22.1. The Balaban J connectivity index is 1.57. The van der Waals surface area contributed by atoms with Crippen LogP contribution in [0.1, 0.15) is 27.9 Å². The summed E-state index contributed by atoms with van der Waals surface area (Å²) >= 11 is 1.35. The smallest absolute Gasteiger partial charge is 0.260 e. The SMILES string of the molecule is CN(C)CCCN(C(=O)c1ccc(Cc2ccccc2)cc1)c1nc2ccc(F)cc2s1. The fourth-order valence-electron chi connectivity index (χ4n) is 3.58. The molecule has 0 aliphatic heterocycles. The fourth-order valence-corrected chi connectivity index (χ4v) is 4.60. The Morgan fingerprint density at radius 1 is 0.938 bits per heavy atom. The predicted molar refractivity (Wildman–Crippen MR) is 130 cm³/mol. The van der Waals surface area contributed by atoms with Crippen LogP contribution in [0.25, 0.3) is 10.2 Å². The number of hydrogen-bond donors (Lipinski definition) is 0. The molecule has 0 atom stereocenters. The van der Waals surface area contributed by atoms with Crippen LogP contribution in [-0.4, -0.2) is 43.0 Å². The molecule has 1 amide bonds. The van der Waals surface area contributed by atoms with Gasteiger partial charge in [-0.05, 0) is 74.9 Å². The van der Waals surface area contributed by atoms with Crippen molar-refractivity contribution >= 4 is 32.6 Å². The standard InChI is InChI=1S/C26H26FN3OS/c1-29(2)15-6-16-30(26-28-23-14-13-22(27)18-24(23)32-26)25(31)21-11-9-20(10-12-21)17-19-7-4-3-5-8-19/h3-5,7-14,18H,6,15-17H2,1-2H3. The highest BCUT2D eigenvalue weighted by Gasteiger charge is 2.21. The van der Waals surface area contributed by atoms with Gasteiger partial charge in [-0.2, -0.15) is 0 Å². The summed E-state index contributed by atoms with van der Waals surface area (Å²) in [4.78, 5) is 21.9. The van der Waals surface area contributed by atoms with E-state index < -0.39 is 0 Å². The Bertz CT molecular complexity index is 1190. The molecule has 0 spiro atoms. The van der Waals surface area contributed by atoms with Crippen LogP contribution in [0.15, 0.2) is 72.8 Å². The van der Waals surface area contributed by atoms with E-state index in [4.69, 9.17) is 0 Å². The zero-order valence-electron chi connectivity index (χ0n) is 18.3. The third-order valence-corrected chi connectivity index (χ3v) is 6.30. The zero-order valence-corrected chi connectivity index (χ0v) is 19.1. The number of hydrogen-bond acceptors (Lipinski definition) is 4. The maximum Gasteiger partial charge on any atom is 0.260 e. The Morgan fingerprint density at radius 2 is 1.66 bits per heavy atom. The number of nitrogens with zero attached hydrogens (tertiary/aromatic N) is 3. The van der Waals surface area contributed by atoms with Crippen molar-refractivity contribution in [1.82, 2.24) is 9.88 Å². The maximum atomic E-state index is 13.6. The van der Waals surface area contributed by atoms with Crippen molar-refractivity contribution in [2.45, 2.75) is 12.8 Å². The Hall–Kier alpha value is -3.09. The van der Waals surface area contributed by atoms with Crippen molar-refractivity contribution in [3.63, 3.8) is 0 Å². The minimum Gasteiger partial charge on any atom is -0.309 e. The average molecular weight is 448 g/mol. The number of anilines is 1. The van der Waals surface area contributed by atoms with Crippen molar-refractivity contribution in [3.8, 4) is 0 Å². The van der Waals surface area contributed by atoms with Crippen molar-refractivity contribution < 1.29 is 9.18 Å². The van der Waals surface area contributed by atoms with Crippen molar-refractivity contribution in [1.29, 1.82) is 0 Å². The molecular weight excluding hydrogens is 421 g/mol. The third-order valence-electron chi connectivity index (χ3n) is 5.25. The number of halogens is 1. The summed E-state index contributed by atoms with van der Waals surface area (Å²) in [6.45, 7) is 1.41. The average Bonchev–Trinajstić information content (AvgIpc) is 3.20. The van der Waals surface area contributed by atoms with Crippen molar-refractivity contribution in [2.75, 3.05) is 32.1 Å². The van der Waals surface area contributed by atoms with E-state index in [0.29, 0.717) is 22.8 Å². The minimum atomic E-state index is -0.299. The van der Waals surface area contributed by atoms with Crippen LogP contribution in [0.2, 0.25) is 0 Å². The normalized spacial score (nSPS) is 11.2. The molecule has 0 saturated heterocycles. The summed E-state index contributed by atoms with van der Waals surface area (Å²) in [5, 5.41) is 0.600. The lowest BCUT2D eigenvalue weighted by Crippen LogP contribution is -2.33. The lowest BCUT2D eigenvalue weighted by atomic mass is 10.0. The van der Waals surface area contributed by atoms with E-state index >= 15 is 0 Å². The number of rotatable bonds is 8. The third kappa shape index (κ3) is 5.39. The molecular formula is C26H26FN3OS. The second-order valence-corrected chi connectivity index (χ2v) is 9.09. The van der Waals surface area contributed by atoms with Gasteiger partial charge in [0.1, 0.15) is 5.82 Å². The molecule has 0 aliphatic carbocycles. The summed E-state index contributed by atoms with van der Waals surface area (Å²) in [7, 11) is 4.02. The van der Waals surface area contributed by atoms with Crippen LogP contribution in [-0.2, 0) is 6.42 Å². The van der Waals surface area contributed by atoms with Gasteiger partial charge in [0, 0.05) is 12.1 Å². The molecule has 0 aliphatic rings. The Labute approximate surface area is 191 Å². The predicted octanol–water partition coefficient (Wildman–Crippen LogP) is 5.62. The van der Waals surface area contributed by atoms with Crippen LogP contribution in [0.5, 0.6) is 0 Å². The molecule has 0 bridgehead atoms. The first-order valence-electron chi connectivity index (χ1n) is 10.6. The molecule has 0 radical (unpaired) electrons. The molecule has 6 heteroatoms. The van der Waals surface area contributed by atoms with Gasteiger partial charge in [-0.3, -0.25) is 9.69 Å². The summed E-state index contributed by atoms with van der Waals surface area (Å²) in [6.07, 6.45) is 1.64. The summed E-state index contributed by atoms with van der Waals surface area (Å²) in [6, 6.07) is 22.6. The molecule has 0 unspecified atom stereocenters. The van der Waals surface area contributed by atoms with E-state index in [0.717, 1.165) is 29.6 Å². The van der Waals surface area contributed by atoms with E-state index in [-0.39, 0.29) is 11.7 Å². The van der Waals surface area contributed by atoms with Gasteiger partial charge < -0.3 is 4.90 Å². The summed E-state index contributed by atoms with van der Waals surface area (Å²) < 4.78 is 14.4. The van der Waals surface area contributed by atoms with Crippen LogP contribution in [0.4, 0.5) is 9.52 Å². The first-order chi connectivity index (χ1) is 15.5. The second kappa shape index (κ2) is 10.0. The number of fused-ring (bicyclic) bond motifs is 1. The second-order valence-electron chi connectivity index (χ2n) is 8.08. The monoisotopic (exact) mass is 447 g/mol. The highest BCUT2D eigenvalue weighted by molar-refractivity contribution is 7.22. The summed E-state index contributed by atoms with van der Waals surface area (Å²) in [5.74, 6) is -0.387. The number of carbonyl (C=O) groups excluding carboxylic acids is 1. The molecule has 1 aromatic heterocycles. The lowest BCUT2D eigenvalue weighted by Gasteiger charge is -2.21. The van der Waals surface area contributed by atoms with Crippen LogP contribution >= 0.6 is 11.3 Å². The lowest BCUT2D eigenvalue weighted by molar-refractivity contribution is 0.0986. The van der Waals surface area contributed by atoms with Gasteiger partial charge in [0.05, 0.1) is 10.2 Å². The molecule has 32 heavy (non-hydrogen) atoms. The van der Waals surface area contributed by atoms with Crippen molar-refractivity contribution in [3.05, 3.63) is 95.3 Å². The molecule has 4 rings (SSSR count). The number of carbonyl (C=O) groups is 1. The Morgan fingerprint density at radius 3 is 2.38 bits per heavy atom. The molecule has 1 heterocycles. The van der Waals surface area contributed by atoms with E-state index in [1.807, 2.05) is 56.6 Å². The van der Waals surface area contributed by atoms with Gasteiger partial charge in [0.25, 0.3) is 5.91 Å². The van der Waals surface area contributed by atoms with E-state index in [9.17, 15) is 9.18 Å². The molecule has 0 N–H and O–H groups in total. The van der Waals surface area contributed by atoms with Gasteiger partial charge in [-0.15, -0.1) is 0 Å². The maximum absolute atomic E-state index is 13.6. The van der Waals surface area contributed by atoms with Gasteiger partial charge in [0.15, 0.2) is 5.13 Å². The topological polar surface area (TPSA) is 36.4 Å². The van der Waals surface area contributed by atoms with E-state index in [1.54, 1.807) is 11.0 Å². The van der Waals surface area contributed by atoms with E-state index in [2.05, 4.69) is 22.0 Å². The van der Waals surface area contributed by atoms with Gasteiger partial charge in [-0.25, -0.2) is 9.37 Å². The highest BCUT2D eigenvalue weighted by atomic mass is 32.1. The van der Waals surface area contributed by atoms with E-state index in [1.165, 1.54) is 29.0 Å². The minimum absolute atomic E-state index is 0.0884. The molecule has 164 valence electrons. The highest BCUT2D eigenvalue weighted by Crippen LogP contribution is 2.30. The largest absolute Gasteiger partial charge is 0.309 e. The Kier molecular flexibility index (Phi) is 6.93. The molecule has 3 aromatic carbocycles. The number of thiazole rings is 1. The van der Waals surface area contributed by atoms with Crippen LogP contribution in [0, 0.1) is 5.82 Å². The number of benzene rings is 3. The quantitative estimate of drug-likeness (QED) is 0.351. The summed E-state index contributed by atoms with van der Waals surface area (Å²) in [5.41, 5.74) is 3.72. The molecule has 4 nitrogen and oxygen atoms in total. The zero-order chi connectivity index (χ0) is 22.5. The van der Waals surface area contributed by atoms with Crippen LogP contribution < -0.4 is 4.90 Å². The van der Waals surface area contributed by atoms with Gasteiger partial charge in [0.2, 0.25) is 0 Å². The first-order valence-corrected chi connectivity index (χ1v) is 11.5. The molecule has 0 fully saturated rings. The van der Waals surface area contributed by atoms with Crippen LogP contribution in [0.3, 0.4) is 0 Å². The molecule has 4 aromatic rings. The number of amides is 1. The van der Waals surface area contributed by atoms with Gasteiger partial charge >= 0.3 is 0 Å². The molecule has 0 saturated carbocycles. The van der Waals surface area contributed by atoms with Gasteiger partial charge in [-0.1, -0.05) is 53.8 Å². The van der Waals surface area contributed by atoms with Crippen molar-refractivity contribution in [2.24, 2.45) is 0 Å². The fraction of sp³-hybridized carbons (Fsp3) is 0.231.